The molecule has 1 aliphatic heterocycles. The number of hydrogen-bond acceptors (Lipinski definition) is 4. The molecule has 0 fully saturated rings. The minimum Gasteiger partial charge on any atom is -1.00 e. The smallest absolute Gasteiger partial charge is 1.00 e. The number of halogens is 3. The van der Waals surface area contributed by atoms with Gasteiger partial charge in [-0.2, -0.15) is 0 Å². The van der Waals surface area contributed by atoms with E-state index >= 15 is 0 Å². The molecule has 1 amide bonds. The fraction of sp³-hybridized carbons (Fsp3) is 0.214. The van der Waals surface area contributed by atoms with E-state index in [0.29, 0.717) is 46.3 Å². The number of carbonyl (C=O) groups excluding carboxylic acids is 1. The summed E-state index contributed by atoms with van der Waals surface area (Å²) >= 11 is 0. The largest absolute Gasteiger partial charge is 2.00 e. The molecule has 1 N–H and O–H groups in total. The van der Waals surface area contributed by atoms with Gasteiger partial charge in [0.2, 0.25) is 5.90 Å². The maximum Gasteiger partial charge on any atom is 2.00 e. The summed E-state index contributed by atoms with van der Waals surface area (Å²) in [6.45, 7) is 4.88. The first-order chi connectivity index (χ1) is 16.4. The molecule has 0 aliphatic carbocycles. The fourth-order valence-electron chi connectivity index (χ4n) is 4.15. The van der Waals surface area contributed by atoms with Gasteiger partial charge in [-0.3, -0.25) is 4.79 Å². The summed E-state index contributed by atoms with van der Waals surface area (Å²) in [5, 5.41) is 3.39. The van der Waals surface area contributed by atoms with Gasteiger partial charge in [0.1, 0.15) is 23.8 Å². The number of nitrogens with one attached hydrogen (secondary N) is 1. The molecular weight excluding hydrogens is 568 g/mol. The van der Waals surface area contributed by atoms with E-state index in [1.807, 2.05) is 42.5 Å². The molecule has 1 aromatic heterocycles. The summed E-state index contributed by atoms with van der Waals surface area (Å²) in [4.78, 5) is 17.6. The second kappa shape index (κ2) is 12.7. The van der Waals surface area contributed by atoms with Crippen molar-refractivity contribution < 1.29 is 62.6 Å². The van der Waals surface area contributed by atoms with Gasteiger partial charge in [0.15, 0.2) is 0 Å². The van der Waals surface area contributed by atoms with Gasteiger partial charge in [-0.1, -0.05) is 32.0 Å². The maximum atomic E-state index is 13.5. The standard InChI is InChI=1S/C28H25FN2O3.2ClH.Zn/c1-16(2)23-15-33-28(31-23)20-6-4-5-18(13-20)19-9-12-24-22(14-19)25(27(32)30-3)26(34-24)17-7-10-21(29)11-8-17;;;/h4-14,16,23H,15H2,1-3H3,(H,30,32);2*1H;/q;;;+2/p-2/t23-;;;/m1.../s1. The van der Waals surface area contributed by atoms with E-state index in [4.69, 9.17) is 14.1 Å². The van der Waals surface area contributed by atoms with Crippen LogP contribution in [0.3, 0.4) is 0 Å². The van der Waals surface area contributed by atoms with Crippen LogP contribution in [0.15, 0.2) is 76.1 Å². The molecule has 4 aromatic rings. The molecule has 1 aliphatic rings. The van der Waals surface area contributed by atoms with Gasteiger partial charge in [-0.25, -0.2) is 9.38 Å². The molecule has 5 rings (SSSR count). The molecule has 0 spiro atoms. The first kappa shape index (κ1) is 30.5. The Morgan fingerprint density at radius 1 is 0.973 bits per heavy atom. The predicted octanol–water partition coefficient (Wildman–Crippen LogP) is 0.0724. The SMILES string of the molecule is CNC(=O)c1c(-c2ccc(F)cc2)oc2ccc(-c3cccc(C4=N[C@@H](C(C)C)CO4)c3)cc12.[Cl-].[Cl-].[Zn+2]. The van der Waals surface area contributed by atoms with Crippen LogP contribution in [0.4, 0.5) is 4.39 Å². The van der Waals surface area contributed by atoms with Crippen LogP contribution in [-0.4, -0.2) is 31.5 Å². The van der Waals surface area contributed by atoms with E-state index in [0.717, 1.165) is 16.7 Å². The van der Waals surface area contributed by atoms with Crippen LogP contribution in [0.25, 0.3) is 33.4 Å². The average molecular weight is 593 g/mol. The monoisotopic (exact) mass is 590 g/mol. The predicted molar refractivity (Wildman–Crippen MR) is 132 cm³/mol. The molecule has 37 heavy (non-hydrogen) atoms. The Hall–Kier alpha value is -2.73. The van der Waals surface area contributed by atoms with Crippen molar-refractivity contribution in [2.75, 3.05) is 13.7 Å². The zero-order valence-corrected chi connectivity index (χ0v) is 25.2. The van der Waals surface area contributed by atoms with E-state index in [9.17, 15) is 9.18 Å². The molecular formula is C28H25Cl2FN2O3Zn. The summed E-state index contributed by atoms with van der Waals surface area (Å²) in [5.41, 5.74) is 4.48. The fourth-order valence-corrected chi connectivity index (χ4v) is 4.15. The van der Waals surface area contributed by atoms with Crippen molar-refractivity contribution in [3.63, 3.8) is 0 Å². The minimum atomic E-state index is -0.348. The number of benzene rings is 3. The first-order valence-corrected chi connectivity index (χ1v) is 11.3. The Bertz CT molecular complexity index is 1420. The zero-order valence-electron chi connectivity index (χ0n) is 20.7. The summed E-state index contributed by atoms with van der Waals surface area (Å²) in [5.74, 6) is 0.877. The number of furan rings is 1. The second-order valence-electron chi connectivity index (χ2n) is 8.74. The number of carbonyl (C=O) groups is 1. The summed E-state index contributed by atoms with van der Waals surface area (Å²) < 4.78 is 25.4. The van der Waals surface area contributed by atoms with Crippen molar-refractivity contribution >= 4 is 22.8 Å². The zero-order chi connectivity index (χ0) is 23.8. The first-order valence-electron chi connectivity index (χ1n) is 11.3. The van der Waals surface area contributed by atoms with E-state index < -0.39 is 0 Å². The number of ether oxygens (including phenoxy) is 1. The Morgan fingerprint density at radius 2 is 1.62 bits per heavy atom. The van der Waals surface area contributed by atoms with E-state index in [2.05, 4.69) is 19.2 Å². The Labute approximate surface area is 240 Å². The van der Waals surface area contributed by atoms with Crippen LogP contribution < -0.4 is 30.1 Å². The molecule has 0 unspecified atom stereocenters. The molecule has 2 heterocycles. The Morgan fingerprint density at radius 3 is 2.27 bits per heavy atom. The molecule has 1 atom stereocenters. The molecule has 9 heteroatoms. The van der Waals surface area contributed by atoms with E-state index in [1.165, 1.54) is 12.1 Å². The third-order valence-corrected chi connectivity index (χ3v) is 6.13. The molecule has 5 nitrogen and oxygen atoms in total. The third-order valence-electron chi connectivity index (χ3n) is 6.13. The van der Waals surface area contributed by atoms with Crippen LogP contribution in [0, 0.1) is 11.7 Å². The molecule has 0 saturated heterocycles. The van der Waals surface area contributed by atoms with Gasteiger partial charge in [-0.15, -0.1) is 0 Å². The average Bonchev–Trinajstić information content (AvgIpc) is 3.49. The minimum absolute atomic E-state index is 0. The number of nitrogens with zero attached hydrogens (tertiary/aromatic N) is 1. The number of rotatable bonds is 5. The molecule has 0 radical (unpaired) electrons. The van der Waals surface area contributed by atoms with Gasteiger partial charge in [0.25, 0.3) is 5.91 Å². The second-order valence-corrected chi connectivity index (χ2v) is 8.74. The third kappa shape index (κ3) is 6.06. The van der Waals surface area contributed by atoms with Crippen molar-refractivity contribution in [2.24, 2.45) is 10.9 Å². The van der Waals surface area contributed by atoms with Gasteiger partial charge in [0, 0.05) is 23.6 Å². The van der Waals surface area contributed by atoms with Crippen LogP contribution in [-0.2, 0) is 24.2 Å². The van der Waals surface area contributed by atoms with Gasteiger partial charge < -0.3 is 39.3 Å². The van der Waals surface area contributed by atoms with Crippen LogP contribution >= 0.6 is 0 Å². The van der Waals surface area contributed by atoms with Crippen molar-refractivity contribution in [1.29, 1.82) is 0 Å². The molecule has 188 valence electrons. The van der Waals surface area contributed by atoms with Crippen molar-refractivity contribution in [1.82, 2.24) is 5.32 Å². The van der Waals surface area contributed by atoms with E-state index in [1.54, 1.807) is 19.2 Å². The van der Waals surface area contributed by atoms with Crippen LogP contribution in [0.5, 0.6) is 0 Å². The number of fused-ring (bicyclic) bond motifs is 1. The maximum absolute atomic E-state index is 13.5. The van der Waals surface area contributed by atoms with Gasteiger partial charge in [-0.05, 0) is 65.6 Å². The molecule has 0 bridgehead atoms. The Kier molecular flexibility index (Phi) is 10.5. The van der Waals surface area contributed by atoms with Crippen molar-refractivity contribution in [3.05, 3.63) is 83.7 Å². The van der Waals surface area contributed by atoms with Crippen LogP contribution in [0.2, 0.25) is 0 Å². The summed E-state index contributed by atoms with van der Waals surface area (Å²) in [7, 11) is 1.58. The van der Waals surface area contributed by atoms with E-state index in [-0.39, 0.29) is 62.1 Å². The quantitative estimate of drug-likeness (QED) is 0.334. The van der Waals surface area contributed by atoms with Crippen molar-refractivity contribution in [2.45, 2.75) is 19.9 Å². The van der Waals surface area contributed by atoms with Gasteiger partial charge >= 0.3 is 19.5 Å². The molecule has 3 aromatic carbocycles. The van der Waals surface area contributed by atoms with Crippen LogP contribution in [0.1, 0.15) is 29.8 Å². The van der Waals surface area contributed by atoms with Crippen molar-refractivity contribution in [3.8, 4) is 22.5 Å². The Balaban J connectivity index is 0.00000160. The normalized spacial score (nSPS) is 14.2. The van der Waals surface area contributed by atoms with Gasteiger partial charge in [0.05, 0.1) is 11.6 Å². The summed E-state index contributed by atoms with van der Waals surface area (Å²) in [6.07, 6.45) is 0. The molecule has 0 saturated carbocycles. The topological polar surface area (TPSA) is 63.8 Å². The number of amides is 1. The number of hydrogen-bond donors (Lipinski definition) is 1. The number of aliphatic imine (C=N–C) groups is 1. The summed E-state index contributed by atoms with van der Waals surface area (Å²) in [6, 6.07) is 19.9.